The first-order valence-electron chi connectivity index (χ1n) is 6.72. The van der Waals surface area contributed by atoms with Gasteiger partial charge in [-0.1, -0.05) is 30.3 Å². The maximum absolute atomic E-state index is 10.1. The van der Waals surface area contributed by atoms with Gasteiger partial charge in [0, 0.05) is 11.1 Å². The number of hydrogen-bond donors (Lipinski definition) is 1. The maximum Gasteiger partial charge on any atom is 0.194 e. The molecule has 0 spiro atoms. The van der Waals surface area contributed by atoms with Crippen molar-refractivity contribution in [3.8, 4) is 11.4 Å². The predicted molar refractivity (Wildman–Crippen MR) is 86.4 cm³/mol. The molecule has 106 valence electrons. The minimum absolute atomic E-state index is 0.255. The number of thiazole rings is 1. The zero-order chi connectivity index (χ0) is 14.8. The Bertz CT molecular complexity index is 846. The van der Waals surface area contributed by atoms with Gasteiger partial charge in [0.2, 0.25) is 0 Å². The van der Waals surface area contributed by atoms with Gasteiger partial charge in [-0.25, -0.2) is 4.99 Å². The second-order valence-electron chi connectivity index (χ2n) is 4.88. The van der Waals surface area contributed by atoms with E-state index in [0.717, 1.165) is 27.4 Å². The Kier molecular flexibility index (Phi) is 3.62. The van der Waals surface area contributed by atoms with Gasteiger partial charge in [-0.05, 0) is 37.6 Å². The van der Waals surface area contributed by atoms with Crippen molar-refractivity contribution in [1.29, 1.82) is 0 Å². The Labute approximate surface area is 127 Å². The van der Waals surface area contributed by atoms with Crippen LogP contribution >= 0.6 is 11.3 Å². The summed E-state index contributed by atoms with van der Waals surface area (Å²) in [5.74, 6) is 0.255. The number of rotatable bonds is 2. The Morgan fingerprint density at radius 2 is 1.71 bits per heavy atom. The van der Waals surface area contributed by atoms with Crippen molar-refractivity contribution < 1.29 is 5.11 Å². The lowest BCUT2D eigenvalue weighted by molar-refractivity contribution is 0.471. The molecule has 3 rings (SSSR count). The molecule has 21 heavy (non-hydrogen) atoms. The molecule has 1 N–H and O–H groups in total. The van der Waals surface area contributed by atoms with E-state index in [2.05, 4.69) is 0 Å². The topological polar surface area (TPSA) is 37.5 Å². The summed E-state index contributed by atoms with van der Waals surface area (Å²) in [6, 6.07) is 15.4. The van der Waals surface area contributed by atoms with Gasteiger partial charge in [0.25, 0.3) is 0 Å². The number of para-hydroxylation sites is 3. The largest absolute Gasteiger partial charge is 0.506 e. The van der Waals surface area contributed by atoms with Crippen LogP contribution in [0.5, 0.6) is 5.75 Å². The van der Waals surface area contributed by atoms with Gasteiger partial charge in [0.05, 0.1) is 11.4 Å². The first-order valence-corrected chi connectivity index (χ1v) is 7.60. The second kappa shape index (κ2) is 5.58. The third-order valence-corrected chi connectivity index (χ3v) is 4.28. The monoisotopic (exact) mass is 296 g/mol. The summed E-state index contributed by atoms with van der Waals surface area (Å²) in [5, 5.41) is 12.1. The first-order chi connectivity index (χ1) is 10.2. The average Bonchev–Trinajstić information content (AvgIpc) is 2.83. The Morgan fingerprint density at radius 3 is 2.48 bits per heavy atom. The highest BCUT2D eigenvalue weighted by molar-refractivity contribution is 7.07. The van der Waals surface area contributed by atoms with E-state index in [4.69, 9.17) is 4.99 Å². The molecule has 4 heteroatoms. The maximum atomic E-state index is 10.1. The summed E-state index contributed by atoms with van der Waals surface area (Å²) in [5.41, 5.74) is 3.88. The third-order valence-electron chi connectivity index (χ3n) is 3.33. The Balaban J connectivity index is 2.23. The van der Waals surface area contributed by atoms with Crippen LogP contribution in [0.1, 0.15) is 11.3 Å². The van der Waals surface area contributed by atoms with Crippen molar-refractivity contribution in [2.75, 3.05) is 0 Å². The molecule has 0 unspecified atom stereocenters. The zero-order valence-electron chi connectivity index (χ0n) is 11.9. The number of aromatic hydroxyl groups is 1. The van der Waals surface area contributed by atoms with Crippen LogP contribution in [-0.4, -0.2) is 9.67 Å². The molecule has 0 radical (unpaired) electrons. The molecular formula is C17H16N2OS. The number of hydrogen-bond acceptors (Lipinski definition) is 3. The molecule has 0 aliphatic carbocycles. The van der Waals surface area contributed by atoms with Crippen molar-refractivity contribution >= 4 is 17.0 Å². The molecule has 0 saturated carbocycles. The molecule has 0 aliphatic rings. The van der Waals surface area contributed by atoms with Crippen LogP contribution in [0.4, 0.5) is 5.69 Å². The normalized spacial score (nSPS) is 11.8. The summed E-state index contributed by atoms with van der Waals surface area (Å²) in [4.78, 5) is 5.60. The van der Waals surface area contributed by atoms with Gasteiger partial charge in [0.15, 0.2) is 4.80 Å². The van der Waals surface area contributed by atoms with Crippen LogP contribution < -0.4 is 4.80 Å². The number of phenols is 1. The molecule has 1 aromatic heterocycles. The van der Waals surface area contributed by atoms with Crippen LogP contribution in [0.15, 0.2) is 58.9 Å². The summed E-state index contributed by atoms with van der Waals surface area (Å²) < 4.78 is 1.98. The zero-order valence-corrected chi connectivity index (χ0v) is 12.8. The molecule has 0 bridgehead atoms. The van der Waals surface area contributed by atoms with Gasteiger partial charge in [-0.3, -0.25) is 4.57 Å². The van der Waals surface area contributed by atoms with E-state index < -0.39 is 0 Å². The minimum Gasteiger partial charge on any atom is -0.506 e. The smallest absolute Gasteiger partial charge is 0.194 e. The second-order valence-corrected chi connectivity index (χ2v) is 5.72. The average molecular weight is 296 g/mol. The van der Waals surface area contributed by atoms with Crippen LogP contribution in [0, 0.1) is 13.8 Å². The van der Waals surface area contributed by atoms with Crippen molar-refractivity contribution in [2.24, 2.45) is 4.99 Å². The van der Waals surface area contributed by atoms with E-state index in [1.165, 1.54) is 0 Å². The van der Waals surface area contributed by atoms with E-state index in [-0.39, 0.29) is 5.75 Å². The highest BCUT2D eigenvalue weighted by atomic mass is 32.1. The standard InChI is InChI=1S/C17H16N2OS/c1-12-7-3-4-8-14(12)18-17-19(13(2)11-21-17)15-9-5-6-10-16(15)20/h3-11,20H,1-2H3. The number of nitrogens with zero attached hydrogens (tertiary/aromatic N) is 2. The number of benzene rings is 2. The molecule has 3 aromatic rings. The number of aromatic nitrogens is 1. The van der Waals surface area contributed by atoms with Crippen LogP contribution in [0.3, 0.4) is 0 Å². The molecule has 0 amide bonds. The fourth-order valence-corrected chi connectivity index (χ4v) is 3.09. The predicted octanol–water partition coefficient (Wildman–Crippen LogP) is 4.09. The van der Waals surface area contributed by atoms with E-state index >= 15 is 0 Å². The lowest BCUT2D eigenvalue weighted by Gasteiger charge is -2.08. The van der Waals surface area contributed by atoms with E-state index in [0.29, 0.717) is 0 Å². The minimum atomic E-state index is 0.255. The molecule has 0 fully saturated rings. The molecule has 2 aromatic carbocycles. The van der Waals surface area contributed by atoms with Crippen LogP contribution in [0.2, 0.25) is 0 Å². The summed E-state index contributed by atoms with van der Waals surface area (Å²) >= 11 is 1.57. The van der Waals surface area contributed by atoms with Crippen molar-refractivity contribution in [1.82, 2.24) is 4.57 Å². The summed E-state index contributed by atoms with van der Waals surface area (Å²) in [6.45, 7) is 4.06. The van der Waals surface area contributed by atoms with Crippen molar-refractivity contribution in [2.45, 2.75) is 13.8 Å². The Morgan fingerprint density at radius 1 is 1.00 bits per heavy atom. The number of phenolic OH excluding ortho intramolecular Hbond substituents is 1. The Hall–Kier alpha value is -2.33. The quantitative estimate of drug-likeness (QED) is 0.759. The SMILES string of the molecule is Cc1ccccc1N=c1scc(C)n1-c1ccccc1O. The van der Waals surface area contributed by atoms with E-state index in [1.807, 2.05) is 66.3 Å². The summed E-state index contributed by atoms with van der Waals surface area (Å²) in [7, 11) is 0. The van der Waals surface area contributed by atoms with Gasteiger partial charge >= 0.3 is 0 Å². The number of aryl methyl sites for hydroxylation is 2. The van der Waals surface area contributed by atoms with Gasteiger partial charge < -0.3 is 5.11 Å². The van der Waals surface area contributed by atoms with E-state index in [9.17, 15) is 5.11 Å². The van der Waals surface area contributed by atoms with Gasteiger partial charge in [-0.2, -0.15) is 0 Å². The molecule has 3 nitrogen and oxygen atoms in total. The molecule has 0 aliphatic heterocycles. The fourth-order valence-electron chi connectivity index (χ4n) is 2.21. The lowest BCUT2D eigenvalue weighted by Crippen LogP contribution is -2.14. The van der Waals surface area contributed by atoms with Crippen LogP contribution in [0.25, 0.3) is 5.69 Å². The third kappa shape index (κ3) is 2.62. The molecule has 0 saturated heterocycles. The molecule has 0 atom stereocenters. The van der Waals surface area contributed by atoms with Crippen molar-refractivity contribution in [3.63, 3.8) is 0 Å². The van der Waals surface area contributed by atoms with Gasteiger partial charge in [-0.15, -0.1) is 11.3 Å². The van der Waals surface area contributed by atoms with Gasteiger partial charge in [0.1, 0.15) is 5.75 Å². The molecular weight excluding hydrogens is 280 g/mol. The highest BCUT2D eigenvalue weighted by Crippen LogP contribution is 2.22. The lowest BCUT2D eigenvalue weighted by atomic mass is 10.2. The first kappa shape index (κ1) is 13.6. The van der Waals surface area contributed by atoms with E-state index in [1.54, 1.807) is 17.4 Å². The van der Waals surface area contributed by atoms with Crippen LogP contribution in [-0.2, 0) is 0 Å². The fraction of sp³-hybridized carbons (Fsp3) is 0.118. The molecule has 1 heterocycles. The van der Waals surface area contributed by atoms with Crippen molar-refractivity contribution in [3.05, 3.63) is 70.0 Å². The summed E-state index contributed by atoms with van der Waals surface area (Å²) in [6.07, 6.45) is 0. The highest BCUT2D eigenvalue weighted by Gasteiger charge is 2.08.